The lowest BCUT2D eigenvalue weighted by Gasteiger charge is -2.46. The maximum Gasteiger partial charge on any atom is 0.333 e. The van der Waals surface area contributed by atoms with Gasteiger partial charge in [0.25, 0.3) is 11.8 Å². The Kier molecular flexibility index (Phi) is 10.6. The molecule has 2 amide bonds. The van der Waals surface area contributed by atoms with Crippen LogP contribution in [0.4, 0.5) is 14.5 Å². The monoisotopic (exact) mass is 771 g/mol. The predicted molar refractivity (Wildman–Crippen MR) is 197 cm³/mol. The summed E-state index contributed by atoms with van der Waals surface area (Å²) < 4.78 is 65.9. The van der Waals surface area contributed by atoms with Crippen LogP contribution in [0, 0.1) is 17.8 Å². The van der Waals surface area contributed by atoms with Crippen LogP contribution in [0.15, 0.2) is 59.1 Å². The van der Waals surface area contributed by atoms with Gasteiger partial charge in [-0.3, -0.25) is 14.3 Å². The van der Waals surface area contributed by atoms with Gasteiger partial charge in [-0.2, -0.15) is 8.78 Å². The number of halogens is 3. The Morgan fingerprint density at radius 2 is 2.02 bits per heavy atom. The Labute approximate surface area is 313 Å². The van der Waals surface area contributed by atoms with E-state index in [4.69, 9.17) is 25.8 Å². The van der Waals surface area contributed by atoms with Crippen molar-refractivity contribution in [3.8, 4) is 11.6 Å². The van der Waals surface area contributed by atoms with Crippen molar-refractivity contribution in [2.45, 2.75) is 63.5 Å². The van der Waals surface area contributed by atoms with E-state index >= 15 is 0 Å². The van der Waals surface area contributed by atoms with E-state index < -0.39 is 28.3 Å². The van der Waals surface area contributed by atoms with Crippen molar-refractivity contribution in [2.75, 3.05) is 44.6 Å². The first-order valence-electron chi connectivity index (χ1n) is 17.9. The van der Waals surface area contributed by atoms with Gasteiger partial charge in [0.1, 0.15) is 21.2 Å². The Morgan fingerprint density at radius 3 is 2.75 bits per heavy atom. The molecule has 1 fully saturated rings. The van der Waals surface area contributed by atoms with Crippen LogP contribution in [0.1, 0.15) is 77.4 Å². The van der Waals surface area contributed by atoms with Crippen molar-refractivity contribution in [1.82, 2.24) is 14.5 Å². The Bertz CT molecular complexity index is 2050. The van der Waals surface area contributed by atoms with Gasteiger partial charge in [-0.15, -0.1) is 9.46 Å². The normalized spacial score (nSPS) is 29.2. The van der Waals surface area contributed by atoms with Crippen LogP contribution < -0.4 is 19.1 Å². The molecule has 6 atom stereocenters. The van der Waals surface area contributed by atoms with Gasteiger partial charge in [0.05, 0.1) is 31.3 Å². The number of benzene rings is 2. The van der Waals surface area contributed by atoms with Gasteiger partial charge in [-0.05, 0) is 97.7 Å². The highest BCUT2D eigenvalue weighted by molar-refractivity contribution is 7.92. The fourth-order valence-corrected chi connectivity index (χ4v) is 10.4. The van der Waals surface area contributed by atoms with E-state index in [1.54, 1.807) is 25.3 Å². The predicted octanol–water partition coefficient (Wildman–Crippen LogP) is 7.00. The van der Waals surface area contributed by atoms with Gasteiger partial charge in [0, 0.05) is 42.4 Å². The molecule has 0 radical (unpaired) electrons. The molecule has 1 saturated carbocycles. The third kappa shape index (κ3) is 7.54. The van der Waals surface area contributed by atoms with E-state index in [1.165, 1.54) is 18.2 Å². The summed E-state index contributed by atoms with van der Waals surface area (Å²) in [6.45, 7) is 0.616. The molecule has 0 saturated heterocycles. The molecule has 11 nitrogen and oxygen atoms in total. The van der Waals surface area contributed by atoms with Crippen LogP contribution in [0.3, 0.4) is 0 Å². The summed E-state index contributed by atoms with van der Waals surface area (Å²) in [5.74, 6) is -1.44. The number of allylic oxidation sites excluding steroid dienone is 1. The molecule has 2 bridgehead atoms. The Hall–Kier alpha value is -4.01. The van der Waals surface area contributed by atoms with E-state index in [9.17, 15) is 22.6 Å². The van der Waals surface area contributed by atoms with E-state index in [0.29, 0.717) is 42.8 Å². The number of alkyl halides is 2. The molecule has 284 valence electrons. The molecule has 2 aliphatic heterocycles. The van der Waals surface area contributed by atoms with Gasteiger partial charge >= 0.3 is 6.55 Å². The molecule has 1 N–H and O–H groups in total. The molecule has 1 spiro atoms. The van der Waals surface area contributed by atoms with Crippen LogP contribution in [-0.2, 0) is 26.5 Å². The minimum Gasteiger partial charge on any atom is -0.490 e. The minimum absolute atomic E-state index is 0.136. The molecular formula is C38H44ClF2N5O6S. The number of hydrogen-bond acceptors (Lipinski definition) is 8. The molecule has 7 rings (SSSR count). The zero-order chi connectivity index (χ0) is 37.5. The zero-order valence-electron chi connectivity index (χ0n) is 29.9. The Morgan fingerprint density at radius 1 is 1.19 bits per heavy atom. The highest BCUT2D eigenvalue weighted by Crippen LogP contribution is 2.47. The number of aryl methyl sites for hydroxylation is 1. The van der Waals surface area contributed by atoms with E-state index in [0.717, 1.165) is 44.0 Å². The fourth-order valence-electron chi connectivity index (χ4n) is 8.35. The van der Waals surface area contributed by atoms with Crippen LogP contribution >= 0.6 is 11.6 Å². The SMILES string of the molecule is COc1nn(C(F)F)cc1C(=O)NS1(=O)=NC(=O)c2ccc3c(c2)N(C[C@@H]2CC[C@H]2[C@@H](OC)/C=C/C[C@H](C)C1)C[C@@]1(CCCc2cc(Cl)ccc21)CO3. The number of carbonyl (C=O) groups is 2. The van der Waals surface area contributed by atoms with E-state index in [-0.39, 0.29) is 50.8 Å². The van der Waals surface area contributed by atoms with Crippen LogP contribution in [0.2, 0.25) is 5.02 Å². The molecule has 3 heterocycles. The van der Waals surface area contributed by atoms with Crippen molar-refractivity contribution in [3.05, 3.63) is 82.0 Å². The number of rotatable bonds is 5. The smallest absolute Gasteiger partial charge is 0.333 e. The van der Waals surface area contributed by atoms with Gasteiger partial charge in [0.2, 0.25) is 5.88 Å². The lowest BCUT2D eigenvalue weighted by Crippen LogP contribution is -2.49. The van der Waals surface area contributed by atoms with Gasteiger partial charge in [-0.25, -0.2) is 8.89 Å². The number of amides is 2. The molecule has 1 aromatic heterocycles. The third-order valence-corrected chi connectivity index (χ3v) is 13.3. The number of ether oxygens (including phenoxy) is 3. The highest BCUT2D eigenvalue weighted by Gasteiger charge is 2.44. The average Bonchev–Trinajstić information content (AvgIpc) is 3.50. The van der Waals surface area contributed by atoms with Gasteiger partial charge in [0.15, 0.2) is 0 Å². The molecule has 4 aliphatic rings. The molecule has 53 heavy (non-hydrogen) atoms. The standard InChI is InChI=1S/C38H44ClF2N5O6S/c1-23-6-4-8-32(50-2)28-12-9-26(28)18-45-21-38(15-5-7-24-16-27(39)11-13-30(24)38)22-52-33-14-10-25(17-31(33)45)34(47)43-53(49,20-23)44-35(48)29-19-46(37(40)41)42-36(29)51-3/h4,8,10-11,13-14,16-17,19,23,26,28,32,37H,5-7,9,12,15,18,20-22H2,1-3H3,(H,43,44,47,48,49)/b8-4+/t23-,26-,28+,32-,38-,53?/m0/s1. The summed E-state index contributed by atoms with van der Waals surface area (Å²) in [5.41, 5.74) is 2.67. The molecule has 15 heteroatoms. The maximum atomic E-state index is 14.6. The molecule has 2 aliphatic carbocycles. The molecule has 3 aromatic rings. The second kappa shape index (κ2) is 15.0. The number of nitrogens with one attached hydrogen (secondary N) is 1. The summed E-state index contributed by atoms with van der Waals surface area (Å²) in [6, 6.07) is 11.2. The average molecular weight is 772 g/mol. The van der Waals surface area contributed by atoms with Crippen molar-refractivity contribution in [1.29, 1.82) is 0 Å². The quantitative estimate of drug-likeness (QED) is 0.275. The number of hydrogen-bond donors (Lipinski definition) is 1. The first-order chi connectivity index (χ1) is 25.4. The van der Waals surface area contributed by atoms with Crippen LogP contribution in [0.5, 0.6) is 11.6 Å². The number of carbonyl (C=O) groups excluding carboxylic acids is 2. The van der Waals surface area contributed by atoms with Crippen molar-refractivity contribution >= 4 is 39.0 Å². The summed E-state index contributed by atoms with van der Waals surface area (Å²) >= 11 is 6.44. The van der Waals surface area contributed by atoms with Crippen LogP contribution in [-0.4, -0.2) is 71.6 Å². The second-order valence-corrected chi connectivity index (χ2v) is 17.1. The molecular weight excluding hydrogens is 728 g/mol. The van der Waals surface area contributed by atoms with Gasteiger partial charge in [-0.1, -0.05) is 36.7 Å². The Balaban J connectivity index is 1.30. The number of fused-ring (bicyclic) bond motifs is 4. The number of nitrogens with zero attached hydrogens (tertiary/aromatic N) is 4. The minimum atomic E-state index is -3.80. The summed E-state index contributed by atoms with van der Waals surface area (Å²) in [7, 11) is -0.910. The largest absolute Gasteiger partial charge is 0.490 e. The lowest BCUT2D eigenvalue weighted by atomic mass is 9.68. The van der Waals surface area contributed by atoms with Crippen LogP contribution in [0.25, 0.3) is 0 Å². The van der Waals surface area contributed by atoms with Crippen molar-refractivity contribution in [2.24, 2.45) is 22.1 Å². The van der Waals surface area contributed by atoms with Crippen molar-refractivity contribution in [3.63, 3.8) is 0 Å². The summed E-state index contributed by atoms with van der Waals surface area (Å²) in [4.78, 5) is 29.8. The first kappa shape index (κ1) is 37.3. The molecule has 2 aromatic carbocycles. The maximum absolute atomic E-state index is 14.6. The molecule has 1 unspecified atom stereocenters. The first-order valence-corrected chi connectivity index (χ1v) is 20.0. The van der Waals surface area contributed by atoms with E-state index in [2.05, 4.69) is 31.2 Å². The fraction of sp³-hybridized carbons (Fsp3) is 0.500. The number of aromatic nitrogens is 2. The number of methoxy groups -OCH3 is 2. The number of anilines is 1. The zero-order valence-corrected chi connectivity index (χ0v) is 31.5. The topological polar surface area (TPSA) is 124 Å². The summed E-state index contributed by atoms with van der Waals surface area (Å²) in [6.07, 6.45) is 10.1. The third-order valence-electron chi connectivity index (χ3n) is 11.1. The lowest BCUT2D eigenvalue weighted by molar-refractivity contribution is 0.0131. The van der Waals surface area contributed by atoms with E-state index in [1.807, 2.05) is 25.1 Å². The van der Waals surface area contributed by atoms with Crippen molar-refractivity contribution < 1.29 is 36.8 Å². The van der Waals surface area contributed by atoms with Gasteiger partial charge < -0.3 is 19.1 Å². The summed E-state index contributed by atoms with van der Waals surface area (Å²) in [5, 5.41) is 4.30. The highest BCUT2D eigenvalue weighted by atomic mass is 35.5. The second-order valence-electron chi connectivity index (χ2n) is 14.7.